The van der Waals surface area contributed by atoms with Gasteiger partial charge in [-0.15, -0.1) is 0 Å². The van der Waals surface area contributed by atoms with Gasteiger partial charge in [0.05, 0.1) is 11.1 Å². The van der Waals surface area contributed by atoms with E-state index in [0.29, 0.717) is 0 Å². The van der Waals surface area contributed by atoms with Gasteiger partial charge in [-0.05, 0) is 24.3 Å². The van der Waals surface area contributed by atoms with Crippen molar-refractivity contribution in [3.8, 4) is 11.5 Å². The first-order chi connectivity index (χ1) is 15.0. The van der Waals surface area contributed by atoms with E-state index in [9.17, 15) is 26.3 Å². The zero-order chi connectivity index (χ0) is 24.0. The molecule has 0 aliphatic heterocycles. The summed E-state index contributed by atoms with van der Waals surface area (Å²) in [5, 5.41) is 17.5. The van der Waals surface area contributed by atoms with Gasteiger partial charge in [-0.3, -0.25) is 0 Å². The molecule has 33 heavy (non-hydrogen) atoms. The third-order valence-corrected chi connectivity index (χ3v) is 3.53. The van der Waals surface area contributed by atoms with Gasteiger partial charge in [-0.2, -0.15) is 62.7 Å². The molecule has 0 atom stereocenters. The van der Waals surface area contributed by atoms with E-state index in [-0.39, 0.29) is 26.2 Å². The molecule has 4 aromatic rings. The van der Waals surface area contributed by atoms with Crippen LogP contribution in [0.3, 0.4) is 0 Å². The van der Waals surface area contributed by atoms with Crippen molar-refractivity contribution in [2.24, 2.45) is 0 Å². The fourth-order valence-corrected chi connectivity index (χ4v) is 2.07. The third kappa shape index (κ3) is 12.7. The van der Waals surface area contributed by atoms with Gasteiger partial charge in [0.2, 0.25) is 0 Å². The number of halogens is 6. The molecule has 2 N–H and O–H groups in total. The molecule has 174 valence electrons. The van der Waals surface area contributed by atoms with Crippen LogP contribution >= 0.6 is 0 Å². The zero-order valence-electron chi connectivity index (χ0n) is 17.1. The van der Waals surface area contributed by atoms with Crippen LogP contribution in [-0.4, -0.2) is 10.2 Å². The standard InChI is InChI=1S/2C7H5F3O.2C5H5.Zr/c2*8-7(9,10)5-3-1-2-4-6(5)11;2*1-2-4-5-3-1;/h2*1-4,11H;2*1-5H;/q;;2*-1;+2. The molecule has 0 spiro atoms. The second-order valence-electron chi connectivity index (χ2n) is 5.95. The average molecular weight is 546 g/mol. The van der Waals surface area contributed by atoms with E-state index < -0.39 is 35.0 Å². The van der Waals surface area contributed by atoms with Crippen molar-refractivity contribution in [2.45, 2.75) is 12.4 Å². The molecular formula is C24H20F6O2Zr. The maximum atomic E-state index is 11.9. The summed E-state index contributed by atoms with van der Waals surface area (Å²) >= 11 is 0. The molecule has 0 unspecified atom stereocenters. The normalized spacial score (nSPS) is 10.1. The van der Waals surface area contributed by atoms with Crippen LogP contribution in [0.4, 0.5) is 26.3 Å². The molecule has 4 rings (SSSR count). The Morgan fingerprint density at radius 2 is 0.758 bits per heavy atom. The predicted octanol–water partition coefficient (Wildman–Crippen LogP) is 7.63. The summed E-state index contributed by atoms with van der Waals surface area (Å²) in [6.07, 6.45) is -8.93. The monoisotopic (exact) mass is 544 g/mol. The van der Waals surface area contributed by atoms with Crippen LogP contribution in [0.25, 0.3) is 0 Å². The molecule has 0 saturated heterocycles. The Hall–Kier alpha value is -2.80. The summed E-state index contributed by atoms with van der Waals surface area (Å²) in [5.74, 6) is -1.47. The van der Waals surface area contributed by atoms with Gasteiger partial charge >= 0.3 is 38.6 Å². The number of hydrogen-bond donors (Lipinski definition) is 2. The number of phenols is 2. The zero-order valence-corrected chi connectivity index (χ0v) is 19.5. The number of benzene rings is 2. The van der Waals surface area contributed by atoms with Crippen molar-refractivity contribution in [1.29, 1.82) is 0 Å². The Balaban J connectivity index is 0.000000434. The molecule has 0 saturated carbocycles. The summed E-state index contributed by atoms with van der Waals surface area (Å²) < 4.78 is 71.3. The Morgan fingerprint density at radius 1 is 0.485 bits per heavy atom. The molecule has 2 nitrogen and oxygen atoms in total. The Morgan fingerprint density at radius 3 is 0.909 bits per heavy atom. The Labute approximate surface area is 206 Å². The minimum atomic E-state index is -4.47. The quantitative estimate of drug-likeness (QED) is 0.176. The molecular weight excluding hydrogens is 525 g/mol. The third-order valence-electron chi connectivity index (χ3n) is 3.53. The minimum absolute atomic E-state index is 0. The minimum Gasteiger partial charge on any atom is -0.507 e. The van der Waals surface area contributed by atoms with Crippen molar-refractivity contribution in [3.05, 3.63) is 120 Å². The summed E-state index contributed by atoms with van der Waals surface area (Å²) in [6.45, 7) is 0. The van der Waals surface area contributed by atoms with Gasteiger partial charge < -0.3 is 10.2 Å². The van der Waals surface area contributed by atoms with Gasteiger partial charge in [0.1, 0.15) is 11.5 Å². The first-order valence-corrected chi connectivity index (χ1v) is 9.07. The Kier molecular flexibility index (Phi) is 13.8. The molecule has 0 aliphatic rings. The van der Waals surface area contributed by atoms with Crippen molar-refractivity contribution < 1.29 is 62.8 Å². The molecule has 0 bridgehead atoms. The SMILES string of the molecule is Oc1ccccc1C(F)(F)F.Oc1ccccc1C(F)(F)F.[Zr+2].c1cc[cH-]c1.c1cc[cH-]c1. The smallest absolute Gasteiger partial charge is 0.507 e. The van der Waals surface area contributed by atoms with Crippen LogP contribution in [0.15, 0.2) is 109 Å². The van der Waals surface area contributed by atoms with E-state index in [2.05, 4.69) is 0 Å². The fraction of sp³-hybridized carbons (Fsp3) is 0.0833. The first kappa shape index (κ1) is 30.2. The molecule has 0 radical (unpaired) electrons. The second kappa shape index (κ2) is 15.1. The van der Waals surface area contributed by atoms with E-state index in [1.54, 1.807) is 0 Å². The van der Waals surface area contributed by atoms with Crippen molar-refractivity contribution in [1.82, 2.24) is 0 Å². The van der Waals surface area contributed by atoms with E-state index in [4.69, 9.17) is 10.2 Å². The summed E-state index contributed by atoms with van der Waals surface area (Å²) in [5.41, 5.74) is -2.00. The van der Waals surface area contributed by atoms with Gasteiger partial charge in [0.15, 0.2) is 0 Å². The molecule has 0 aromatic heterocycles. The van der Waals surface area contributed by atoms with E-state index >= 15 is 0 Å². The van der Waals surface area contributed by atoms with Crippen molar-refractivity contribution in [3.63, 3.8) is 0 Å². The number of aromatic hydroxyl groups is 2. The molecule has 9 heteroatoms. The summed E-state index contributed by atoms with van der Waals surface area (Å²) in [7, 11) is 0. The maximum Gasteiger partial charge on any atom is 2.00 e. The van der Waals surface area contributed by atoms with E-state index in [1.807, 2.05) is 60.7 Å². The van der Waals surface area contributed by atoms with Crippen LogP contribution in [0, 0.1) is 0 Å². The van der Waals surface area contributed by atoms with Gasteiger partial charge in [0.25, 0.3) is 0 Å². The van der Waals surface area contributed by atoms with Crippen LogP contribution in [0.1, 0.15) is 11.1 Å². The molecule has 0 fully saturated rings. The Bertz CT molecular complexity index is 863. The van der Waals surface area contributed by atoms with Crippen molar-refractivity contribution in [2.75, 3.05) is 0 Å². The van der Waals surface area contributed by atoms with Crippen LogP contribution in [-0.2, 0) is 38.6 Å². The predicted molar refractivity (Wildman–Crippen MR) is 110 cm³/mol. The van der Waals surface area contributed by atoms with Crippen molar-refractivity contribution >= 4 is 0 Å². The topological polar surface area (TPSA) is 40.5 Å². The van der Waals surface area contributed by atoms with Gasteiger partial charge in [0, 0.05) is 0 Å². The van der Waals surface area contributed by atoms with E-state index in [0.717, 1.165) is 24.3 Å². The number of rotatable bonds is 0. The number of hydrogen-bond acceptors (Lipinski definition) is 2. The molecule has 0 heterocycles. The summed E-state index contributed by atoms with van der Waals surface area (Å²) in [4.78, 5) is 0. The maximum absolute atomic E-state index is 11.9. The number of para-hydroxylation sites is 2. The molecule has 4 aromatic carbocycles. The van der Waals surface area contributed by atoms with E-state index in [1.165, 1.54) is 24.3 Å². The number of phenolic OH excluding ortho intramolecular Hbond substituents is 2. The van der Waals surface area contributed by atoms with Crippen LogP contribution < -0.4 is 0 Å². The van der Waals surface area contributed by atoms with Crippen LogP contribution in [0.5, 0.6) is 11.5 Å². The summed E-state index contributed by atoms with van der Waals surface area (Å²) in [6, 6.07) is 28.8. The first-order valence-electron chi connectivity index (χ1n) is 9.07. The molecule has 0 amide bonds. The second-order valence-corrected chi connectivity index (χ2v) is 5.95. The van der Waals surface area contributed by atoms with Gasteiger partial charge in [-0.1, -0.05) is 24.3 Å². The van der Waals surface area contributed by atoms with Crippen LogP contribution in [0.2, 0.25) is 0 Å². The number of alkyl halides is 6. The van der Waals surface area contributed by atoms with Gasteiger partial charge in [-0.25, -0.2) is 24.3 Å². The molecule has 0 aliphatic carbocycles. The average Bonchev–Trinajstić information content (AvgIpc) is 3.46. The fourth-order valence-electron chi connectivity index (χ4n) is 2.07. The largest absolute Gasteiger partial charge is 2.00 e.